The zero-order valence-electron chi connectivity index (χ0n) is 14.1. The molecular formula is C20H19ClN2OS. The van der Waals surface area contributed by atoms with Crippen molar-refractivity contribution < 1.29 is 4.79 Å². The summed E-state index contributed by atoms with van der Waals surface area (Å²) < 4.78 is 0. The van der Waals surface area contributed by atoms with Gasteiger partial charge in [0.25, 0.3) is 5.91 Å². The van der Waals surface area contributed by atoms with Crippen LogP contribution in [0.25, 0.3) is 11.3 Å². The molecule has 3 nitrogen and oxygen atoms in total. The third-order valence-electron chi connectivity index (χ3n) is 4.22. The maximum absolute atomic E-state index is 12.2. The third-order valence-corrected chi connectivity index (χ3v) is 5.23. The van der Waals surface area contributed by atoms with Crippen molar-refractivity contribution in [1.29, 1.82) is 0 Å². The second-order valence-electron chi connectivity index (χ2n) is 5.93. The zero-order chi connectivity index (χ0) is 17.8. The Balaban J connectivity index is 1.71. The van der Waals surface area contributed by atoms with Crippen LogP contribution in [0.3, 0.4) is 0 Å². The van der Waals surface area contributed by atoms with E-state index in [2.05, 4.69) is 48.4 Å². The van der Waals surface area contributed by atoms with Gasteiger partial charge >= 0.3 is 0 Å². The molecule has 0 saturated carbocycles. The number of carbonyl (C=O) groups is 1. The van der Waals surface area contributed by atoms with Crippen LogP contribution in [0.4, 0.5) is 5.13 Å². The van der Waals surface area contributed by atoms with Crippen LogP contribution in [0.1, 0.15) is 42.1 Å². The summed E-state index contributed by atoms with van der Waals surface area (Å²) in [5.74, 6) is 0.364. The SMILES string of the molecule is CC[C@H](C)c1ccc(-c2csc(NC(=O)c3ccc(Cl)cc3)n2)cc1. The molecule has 0 aliphatic heterocycles. The molecule has 3 aromatic rings. The summed E-state index contributed by atoms with van der Waals surface area (Å²) in [5, 5.41) is 5.98. The van der Waals surface area contributed by atoms with Gasteiger partial charge in [-0.05, 0) is 42.2 Å². The largest absolute Gasteiger partial charge is 0.298 e. The number of benzene rings is 2. The van der Waals surface area contributed by atoms with Crippen LogP contribution in [-0.4, -0.2) is 10.9 Å². The fourth-order valence-corrected chi connectivity index (χ4v) is 3.29. The Labute approximate surface area is 156 Å². The molecule has 0 fully saturated rings. The number of hydrogen-bond acceptors (Lipinski definition) is 3. The highest BCUT2D eigenvalue weighted by Gasteiger charge is 2.10. The van der Waals surface area contributed by atoms with Gasteiger partial charge in [0.1, 0.15) is 0 Å². The monoisotopic (exact) mass is 370 g/mol. The van der Waals surface area contributed by atoms with Gasteiger partial charge in [0.15, 0.2) is 5.13 Å². The second-order valence-corrected chi connectivity index (χ2v) is 7.22. The second kappa shape index (κ2) is 7.81. The van der Waals surface area contributed by atoms with Crippen molar-refractivity contribution >= 4 is 34.0 Å². The van der Waals surface area contributed by atoms with Crippen molar-refractivity contribution in [2.45, 2.75) is 26.2 Å². The normalized spacial score (nSPS) is 12.0. The molecule has 0 aliphatic rings. The Hall–Kier alpha value is -2.17. The molecule has 1 heterocycles. The maximum Gasteiger partial charge on any atom is 0.257 e. The first-order chi connectivity index (χ1) is 12.1. The van der Waals surface area contributed by atoms with Gasteiger partial charge in [-0.2, -0.15) is 0 Å². The molecule has 3 rings (SSSR count). The molecule has 0 bridgehead atoms. The molecular weight excluding hydrogens is 352 g/mol. The molecule has 1 amide bonds. The molecule has 0 unspecified atom stereocenters. The van der Waals surface area contributed by atoms with Gasteiger partial charge in [0, 0.05) is 21.5 Å². The van der Waals surface area contributed by atoms with Gasteiger partial charge in [-0.15, -0.1) is 11.3 Å². The van der Waals surface area contributed by atoms with Gasteiger partial charge in [-0.25, -0.2) is 4.98 Å². The van der Waals surface area contributed by atoms with Crippen LogP contribution in [0, 0.1) is 0 Å². The molecule has 1 aromatic heterocycles. The van der Waals surface area contributed by atoms with Gasteiger partial charge in [0.05, 0.1) is 5.69 Å². The lowest BCUT2D eigenvalue weighted by atomic mass is 9.97. The Bertz CT molecular complexity index is 856. The number of nitrogens with one attached hydrogen (secondary N) is 1. The van der Waals surface area contributed by atoms with Crippen molar-refractivity contribution in [3.8, 4) is 11.3 Å². The number of halogens is 1. The third kappa shape index (κ3) is 4.27. The summed E-state index contributed by atoms with van der Waals surface area (Å²) in [6.07, 6.45) is 1.12. The number of nitrogens with zero attached hydrogens (tertiary/aromatic N) is 1. The number of aromatic nitrogens is 1. The van der Waals surface area contributed by atoms with Crippen molar-refractivity contribution in [1.82, 2.24) is 4.98 Å². The van der Waals surface area contributed by atoms with E-state index in [1.807, 2.05) is 5.38 Å². The van der Waals surface area contributed by atoms with Crippen LogP contribution < -0.4 is 5.32 Å². The first kappa shape index (κ1) is 17.6. The predicted molar refractivity (Wildman–Crippen MR) is 106 cm³/mol. The van der Waals surface area contributed by atoms with Gasteiger partial charge in [-0.1, -0.05) is 49.7 Å². The summed E-state index contributed by atoms with van der Waals surface area (Å²) in [6, 6.07) is 15.2. The highest BCUT2D eigenvalue weighted by molar-refractivity contribution is 7.14. The topological polar surface area (TPSA) is 42.0 Å². The van der Waals surface area contributed by atoms with Crippen LogP contribution >= 0.6 is 22.9 Å². The summed E-state index contributed by atoms with van der Waals surface area (Å²) >= 11 is 7.26. The zero-order valence-corrected chi connectivity index (χ0v) is 15.7. The molecule has 1 N–H and O–H groups in total. The molecule has 0 saturated heterocycles. The number of amides is 1. The molecule has 5 heteroatoms. The Morgan fingerprint density at radius 2 is 1.84 bits per heavy atom. The summed E-state index contributed by atoms with van der Waals surface area (Å²) in [4.78, 5) is 16.8. The van der Waals surface area contributed by atoms with E-state index in [-0.39, 0.29) is 5.91 Å². The predicted octanol–water partition coefficient (Wildman–Crippen LogP) is 6.23. The standard InChI is InChI=1S/C20H19ClN2OS/c1-3-13(2)14-4-6-15(7-5-14)18-12-25-20(22-18)23-19(24)16-8-10-17(21)11-9-16/h4-13H,3H2,1-2H3,(H,22,23,24)/t13-/m0/s1. The molecule has 1 atom stereocenters. The minimum absolute atomic E-state index is 0.190. The minimum Gasteiger partial charge on any atom is -0.298 e. The minimum atomic E-state index is -0.190. The van der Waals surface area contributed by atoms with E-state index in [1.54, 1.807) is 24.3 Å². The van der Waals surface area contributed by atoms with E-state index in [1.165, 1.54) is 16.9 Å². The first-order valence-corrected chi connectivity index (χ1v) is 9.45. The summed E-state index contributed by atoms with van der Waals surface area (Å²) in [6.45, 7) is 4.41. The summed E-state index contributed by atoms with van der Waals surface area (Å²) in [5.41, 5.74) is 3.80. The van der Waals surface area contributed by atoms with Crippen molar-refractivity contribution in [2.24, 2.45) is 0 Å². The highest BCUT2D eigenvalue weighted by atomic mass is 35.5. The lowest BCUT2D eigenvalue weighted by molar-refractivity contribution is 0.102. The first-order valence-electron chi connectivity index (χ1n) is 8.19. The quantitative estimate of drug-likeness (QED) is 0.578. The van der Waals surface area contributed by atoms with Crippen molar-refractivity contribution in [3.05, 3.63) is 70.1 Å². The number of thiazole rings is 1. The van der Waals surface area contributed by atoms with Gasteiger partial charge < -0.3 is 0 Å². The average molecular weight is 371 g/mol. The molecule has 2 aromatic carbocycles. The number of anilines is 1. The number of hydrogen-bond donors (Lipinski definition) is 1. The molecule has 0 radical (unpaired) electrons. The van der Waals surface area contributed by atoms with E-state index in [4.69, 9.17) is 11.6 Å². The fourth-order valence-electron chi connectivity index (χ4n) is 2.45. The number of rotatable bonds is 5. The number of carbonyl (C=O) groups excluding carboxylic acids is 1. The van der Waals surface area contributed by atoms with Gasteiger partial charge in [0.2, 0.25) is 0 Å². The van der Waals surface area contributed by atoms with Crippen LogP contribution in [0.2, 0.25) is 5.02 Å². The molecule has 128 valence electrons. The average Bonchev–Trinajstić information content (AvgIpc) is 3.10. The molecule has 25 heavy (non-hydrogen) atoms. The van der Waals surface area contributed by atoms with E-state index in [9.17, 15) is 4.79 Å². The van der Waals surface area contributed by atoms with E-state index in [0.29, 0.717) is 21.6 Å². The van der Waals surface area contributed by atoms with Crippen molar-refractivity contribution in [2.75, 3.05) is 5.32 Å². The van der Waals surface area contributed by atoms with E-state index >= 15 is 0 Å². The Morgan fingerprint density at radius 3 is 2.48 bits per heavy atom. The van der Waals surface area contributed by atoms with E-state index < -0.39 is 0 Å². The molecule has 0 spiro atoms. The fraction of sp³-hybridized carbons (Fsp3) is 0.200. The molecule has 0 aliphatic carbocycles. The summed E-state index contributed by atoms with van der Waals surface area (Å²) in [7, 11) is 0. The van der Waals surface area contributed by atoms with E-state index in [0.717, 1.165) is 17.7 Å². The smallest absolute Gasteiger partial charge is 0.257 e. The van der Waals surface area contributed by atoms with Crippen LogP contribution in [-0.2, 0) is 0 Å². The lowest BCUT2D eigenvalue weighted by Gasteiger charge is -2.08. The van der Waals surface area contributed by atoms with Gasteiger partial charge in [-0.3, -0.25) is 10.1 Å². The van der Waals surface area contributed by atoms with Crippen LogP contribution in [0.15, 0.2) is 53.9 Å². The lowest BCUT2D eigenvalue weighted by Crippen LogP contribution is -2.11. The van der Waals surface area contributed by atoms with Crippen LogP contribution in [0.5, 0.6) is 0 Å². The maximum atomic E-state index is 12.2. The Morgan fingerprint density at radius 1 is 1.16 bits per heavy atom. The van der Waals surface area contributed by atoms with Crippen molar-refractivity contribution in [3.63, 3.8) is 0 Å². The Kier molecular flexibility index (Phi) is 5.51. The highest BCUT2D eigenvalue weighted by Crippen LogP contribution is 2.27.